The zero-order chi connectivity index (χ0) is 18.5. The summed E-state index contributed by atoms with van der Waals surface area (Å²) in [6, 6.07) is 7.85. The van der Waals surface area contributed by atoms with Crippen molar-refractivity contribution in [1.29, 1.82) is 0 Å². The van der Waals surface area contributed by atoms with Crippen LogP contribution in [0.1, 0.15) is 65.3 Å². The van der Waals surface area contributed by atoms with Gasteiger partial charge in [-0.3, -0.25) is 4.79 Å². The summed E-state index contributed by atoms with van der Waals surface area (Å²) < 4.78 is 5.26. The number of carbonyl (C=O) groups excluding carboxylic acids is 1. The molecule has 1 aliphatic carbocycles. The molecule has 1 fully saturated rings. The van der Waals surface area contributed by atoms with Gasteiger partial charge < -0.3 is 15.8 Å². The Morgan fingerprint density at radius 3 is 2.73 bits per heavy atom. The number of nitrogens with one attached hydrogen (secondary N) is 1. The standard InChI is InChI=1S/C20H26N4O2/c1-13-17(19(21)25)18(15-8-4-3-5-9-15)24-20(23-13)22-12-14-7-6-10-16(11-14)26-2/h6-7,10-11,15H,3-5,8-9,12H2,1-2H3,(H2,21,25)(H,22,23,24). The van der Waals surface area contributed by atoms with E-state index in [4.69, 9.17) is 10.5 Å². The van der Waals surface area contributed by atoms with E-state index in [0.29, 0.717) is 23.8 Å². The van der Waals surface area contributed by atoms with E-state index in [0.717, 1.165) is 29.8 Å². The molecule has 1 saturated carbocycles. The van der Waals surface area contributed by atoms with E-state index in [-0.39, 0.29) is 5.92 Å². The second-order valence-electron chi connectivity index (χ2n) is 6.80. The first-order valence-electron chi connectivity index (χ1n) is 9.13. The van der Waals surface area contributed by atoms with Gasteiger partial charge in [0, 0.05) is 12.5 Å². The number of primary amides is 1. The van der Waals surface area contributed by atoms with Gasteiger partial charge in [-0.15, -0.1) is 0 Å². The lowest BCUT2D eigenvalue weighted by molar-refractivity contribution is 0.0997. The number of hydrogen-bond acceptors (Lipinski definition) is 5. The van der Waals surface area contributed by atoms with Crippen molar-refractivity contribution in [2.75, 3.05) is 12.4 Å². The normalized spacial score (nSPS) is 14.8. The molecule has 0 bridgehead atoms. The minimum atomic E-state index is -0.442. The summed E-state index contributed by atoms with van der Waals surface area (Å²) >= 11 is 0. The number of aryl methyl sites for hydroxylation is 1. The van der Waals surface area contributed by atoms with Gasteiger partial charge in [0.1, 0.15) is 5.75 Å². The third-order valence-corrected chi connectivity index (χ3v) is 4.94. The number of hydrogen-bond donors (Lipinski definition) is 2. The first kappa shape index (κ1) is 18.2. The number of ether oxygens (including phenoxy) is 1. The second-order valence-corrected chi connectivity index (χ2v) is 6.80. The van der Waals surface area contributed by atoms with Crippen LogP contribution in [0.3, 0.4) is 0 Å². The molecule has 6 heteroatoms. The molecule has 0 atom stereocenters. The number of anilines is 1. The Hall–Kier alpha value is -2.63. The largest absolute Gasteiger partial charge is 0.497 e. The SMILES string of the molecule is COc1cccc(CNc2nc(C)c(C(N)=O)c(C3CCCCC3)n2)c1. The lowest BCUT2D eigenvalue weighted by Crippen LogP contribution is -2.22. The molecule has 2 aromatic rings. The molecule has 138 valence electrons. The average Bonchev–Trinajstić information content (AvgIpc) is 2.66. The number of nitrogens with zero attached hydrogens (tertiary/aromatic N) is 2. The van der Waals surface area contributed by atoms with Crippen molar-refractivity contribution in [1.82, 2.24) is 9.97 Å². The zero-order valence-corrected chi connectivity index (χ0v) is 15.4. The number of amides is 1. The van der Waals surface area contributed by atoms with Crippen LogP contribution in [0.4, 0.5) is 5.95 Å². The zero-order valence-electron chi connectivity index (χ0n) is 15.4. The third-order valence-electron chi connectivity index (χ3n) is 4.94. The molecular formula is C20H26N4O2. The third kappa shape index (κ3) is 4.12. The van der Waals surface area contributed by atoms with Crippen LogP contribution in [-0.4, -0.2) is 23.0 Å². The van der Waals surface area contributed by atoms with Crippen LogP contribution in [0.5, 0.6) is 5.75 Å². The highest BCUT2D eigenvalue weighted by molar-refractivity contribution is 5.95. The minimum absolute atomic E-state index is 0.283. The van der Waals surface area contributed by atoms with Crippen LogP contribution in [0.2, 0.25) is 0 Å². The molecule has 3 N–H and O–H groups in total. The van der Waals surface area contributed by atoms with Crippen molar-refractivity contribution in [2.45, 2.75) is 51.5 Å². The van der Waals surface area contributed by atoms with E-state index in [2.05, 4.69) is 15.3 Å². The summed E-state index contributed by atoms with van der Waals surface area (Å²) in [5, 5.41) is 3.27. The molecule has 0 radical (unpaired) electrons. The fourth-order valence-corrected chi connectivity index (χ4v) is 3.61. The first-order valence-corrected chi connectivity index (χ1v) is 9.13. The molecule has 26 heavy (non-hydrogen) atoms. The van der Waals surface area contributed by atoms with Crippen molar-refractivity contribution in [3.8, 4) is 5.75 Å². The van der Waals surface area contributed by atoms with Gasteiger partial charge in [-0.2, -0.15) is 0 Å². The molecule has 0 aliphatic heterocycles. The quantitative estimate of drug-likeness (QED) is 0.828. The fourth-order valence-electron chi connectivity index (χ4n) is 3.61. The predicted octanol–water partition coefficient (Wildman–Crippen LogP) is 3.55. The molecule has 0 unspecified atom stereocenters. The van der Waals surface area contributed by atoms with Crippen LogP contribution in [-0.2, 0) is 6.54 Å². The molecule has 1 aromatic heterocycles. The molecule has 0 spiro atoms. The monoisotopic (exact) mass is 354 g/mol. The summed E-state index contributed by atoms with van der Waals surface area (Å²) in [4.78, 5) is 21.1. The smallest absolute Gasteiger partial charge is 0.252 e. The van der Waals surface area contributed by atoms with Crippen molar-refractivity contribution >= 4 is 11.9 Å². The number of methoxy groups -OCH3 is 1. The molecule has 1 aromatic carbocycles. The Kier molecular flexibility index (Phi) is 5.71. The number of benzene rings is 1. The van der Waals surface area contributed by atoms with E-state index < -0.39 is 5.91 Å². The Morgan fingerprint density at radius 2 is 2.04 bits per heavy atom. The number of rotatable bonds is 6. The van der Waals surface area contributed by atoms with Crippen molar-refractivity contribution in [3.05, 3.63) is 46.8 Å². The van der Waals surface area contributed by atoms with Gasteiger partial charge in [0.15, 0.2) is 0 Å². The fraction of sp³-hybridized carbons (Fsp3) is 0.450. The predicted molar refractivity (Wildman–Crippen MR) is 101 cm³/mol. The van der Waals surface area contributed by atoms with Crippen molar-refractivity contribution in [3.63, 3.8) is 0 Å². The Labute approximate surface area is 154 Å². The van der Waals surface area contributed by atoms with Crippen LogP contribution >= 0.6 is 0 Å². The molecule has 1 amide bonds. The van der Waals surface area contributed by atoms with Gasteiger partial charge in [0.25, 0.3) is 5.91 Å². The van der Waals surface area contributed by atoms with Gasteiger partial charge in [-0.25, -0.2) is 9.97 Å². The van der Waals surface area contributed by atoms with Crippen LogP contribution < -0.4 is 15.8 Å². The van der Waals surface area contributed by atoms with Crippen molar-refractivity contribution in [2.24, 2.45) is 5.73 Å². The molecule has 1 heterocycles. The van der Waals surface area contributed by atoms with Gasteiger partial charge in [0.05, 0.1) is 24.1 Å². The number of carbonyl (C=O) groups is 1. The van der Waals surface area contributed by atoms with Crippen LogP contribution in [0.25, 0.3) is 0 Å². The minimum Gasteiger partial charge on any atom is -0.497 e. The summed E-state index contributed by atoms with van der Waals surface area (Å²) in [6.07, 6.45) is 5.67. The molecule has 6 nitrogen and oxygen atoms in total. The van der Waals surface area contributed by atoms with Gasteiger partial charge in [-0.05, 0) is 37.5 Å². The number of nitrogens with two attached hydrogens (primary N) is 1. The van der Waals surface area contributed by atoms with E-state index in [1.165, 1.54) is 19.3 Å². The molecule has 0 saturated heterocycles. The second kappa shape index (κ2) is 8.17. The van der Waals surface area contributed by atoms with Crippen LogP contribution in [0.15, 0.2) is 24.3 Å². The average molecular weight is 354 g/mol. The summed E-state index contributed by atoms with van der Waals surface area (Å²) in [5.74, 6) is 1.19. The Balaban J connectivity index is 1.85. The van der Waals surface area contributed by atoms with Gasteiger partial charge in [-0.1, -0.05) is 31.4 Å². The van der Waals surface area contributed by atoms with E-state index in [9.17, 15) is 4.79 Å². The highest BCUT2D eigenvalue weighted by Crippen LogP contribution is 2.34. The Bertz CT molecular complexity index is 785. The van der Waals surface area contributed by atoms with Gasteiger partial charge in [0.2, 0.25) is 5.95 Å². The number of aromatic nitrogens is 2. The van der Waals surface area contributed by atoms with Crippen molar-refractivity contribution < 1.29 is 9.53 Å². The summed E-state index contributed by atoms with van der Waals surface area (Å²) in [5.41, 5.74) is 8.62. The first-order chi connectivity index (χ1) is 12.6. The molecule has 3 rings (SSSR count). The maximum Gasteiger partial charge on any atom is 0.252 e. The highest BCUT2D eigenvalue weighted by atomic mass is 16.5. The summed E-state index contributed by atoms with van der Waals surface area (Å²) in [7, 11) is 1.65. The summed E-state index contributed by atoms with van der Waals surface area (Å²) in [6.45, 7) is 2.40. The topological polar surface area (TPSA) is 90.1 Å². The van der Waals surface area contributed by atoms with E-state index in [1.807, 2.05) is 31.2 Å². The van der Waals surface area contributed by atoms with E-state index >= 15 is 0 Å². The highest BCUT2D eigenvalue weighted by Gasteiger charge is 2.25. The molecular weight excluding hydrogens is 328 g/mol. The lowest BCUT2D eigenvalue weighted by Gasteiger charge is -2.23. The Morgan fingerprint density at radius 1 is 1.27 bits per heavy atom. The lowest BCUT2D eigenvalue weighted by atomic mass is 9.84. The molecule has 1 aliphatic rings. The van der Waals surface area contributed by atoms with Gasteiger partial charge >= 0.3 is 0 Å². The maximum atomic E-state index is 12.0. The van der Waals surface area contributed by atoms with E-state index in [1.54, 1.807) is 7.11 Å². The maximum absolute atomic E-state index is 12.0. The van der Waals surface area contributed by atoms with Crippen LogP contribution in [0, 0.1) is 6.92 Å².